The normalized spacial score (nSPS) is 39.1. The highest BCUT2D eigenvalue weighted by Crippen LogP contribution is 2.60. The zero-order valence-electron chi connectivity index (χ0n) is 8.23. The molecule has 4 aliphatic carbocycles. The standard InChI is InChI=1S/C14H11Cl/c15-13-7-12-10-5-6-11(14(12)13)9-4-2-1-3-8(9)10/h1-7,10-12,14H/t10-,11-,12-,14-/m0/s1. The van der Waals surface area contributed by atoms with E-state index in [1.807, 2.05) is 0 Å². The number of halogens is 1. The van der Waals surface area contributed by atoms with E-state index in [9.17, 15) is 0 Å². The molecule has 4 aliphatic rings. The van der Waals surface area contributed by atoms with E-state index in [1.54, 1.807) is 0 Å². The van der Waals surface area contributed by atoms with Crippen LogP contribution in [0, 0.1) is 11.8 Å². The van der Waals surface area contributed by atoms with Gasteiger partial charge < -0.3 is 0 Å². The van der Waals surface area contributed by atoms with E-state index >= 15 is 0 Å². The topological polar surface area (TPSA) is 0 Å². The van der Waals surface area contributed by atoms with Crippen molar-refractivity contribution < 1.29 is 0 Å². The Morgan fingerprint density at radius 2 is 1.60 bits per heavy atom. The molecular weight excluding hydrogens is 204 g/mol. The minimum atomic E-state index is 0.536. The molecule has 1 heteroatoms. The highest BCUT2D eigenvalue weighted by atomic mass is 35.5. The zero-order valence-corrected chi connectivity index (χ0v) is 8.98. The molecule has 4 atom stereocenters. The summed E-state index contributed by atoms with van der Waals surface area (Å²) in [5.74, 6) is 2.37. The lowest BCUT2D eigenvalue weighted by Crippen LogP contribution is -2.39. The molecule has 0 radical (unpaired) electrons. The summed E-state index contributed by atoms with van der Waals surface area (Å²) >= 11 is 6.21. The third-order valence-corrected chi connectivity index (χ3v) is 4.50. The molecule has 1 aromatic carbocycles. The lowest BCUT2D eigenvalue weighted by atomic mass is 9.55. The first-order chi connectivity index (χ1) is 7.36. The lowest BCUT2D eigenvalue weighted by Gasteiger charge is -2.50. The maximum absolute atomic E-state index is 6.21. The number of allylic oxidation sites excluding steroid dienone is 4. The molecule has 0 fully saturated rings. The summed E-state index contributed by atoms with van der Waals surface area (Å²) in [5, 5.41) is 1.08. The Kier molecular flexibility index (Phi) is 1.40. The fraction of sp³-hybridized carbons (Fsp3) is 0.286. The zero-order chi connectivity index (χ0) is 9.99. The van der Waals surface area contributed by atoms with Gasteiger partial charge in [0, 0.05) is 22.8 Å². The number of hydrogen-bond donors (Lipinski definition) is 0. The fourth-order valence-electron chi connectivity index (χ4n) is 3.42. The van der Waals surface area contributed by atoms with E-state index in [0.717, 1.165) is 5.03 Å². The molecule has 0 spiro atoms. The van der Waals surface area contributed by atoms with Gasteiger partial charge in [0.15, 0.2) is 0 Å². The van der Waals surface area contributed by atoms with Crippen LogP contribution < -0.4 is 0 Å². The summed E-state index contributed by atoms with van der Waals surface area (Å²) in [6.45, 7) is 0. The van der Waals surface area contributed by atoms with Crippen LogP contribution in [0.4, 0.5) is 0 Å². The molecule has 0 nitrogen and oxygen atoms in total. The number of benzene rings is 1. The van der Waals surface area contributed by atoms with Crippen molar-refractivity contribution in [2.45, 2.75) is 11.8 Å². The van der Waals surface area contributed by atoms with Gasteiger partial charge in [0.25, 0.3) is 0 Å². The van der Waals surface area contributed by atoms with E-state index in [-0.39, 0.29) is 0 Å². The Morgan fingerprint density at radius 1 is 0.933 bits per heavy atom. The van der Waals surface area contributed by atoms with Crippen molar-refractivity contribution in [3.63, 3.8) is 0 Å². The van der Waals surface area contributed by atoms with Crippen molar-refractivity contribution in [1.82, 2.24) is 0 Å². The van der Waals surface area contributed by atoms with Gasteiger partial charge in [-0.15, -0.1) is 0 Å². The second kappa shape index (κ2) is 2.56. The molecular formula is C14H11Cl. The van der Waals surface area contributed by atoms with Gasteiger partial charge in [-0.25, -0.2) is 0 Å². The highest BCUT2D eigenvalue weighted by Gasteiger charge is 2.48. The summed E-state index contributed by atoms with van der Waals surface area (Å²) in [4.78, 5) is 0. The predicted molar refractivity (Wildman–Crippen MR) is 62.0 cm³/mol. The van der Waals surface area contributed by atoms with Crippen molar-refractivity contribution in [1.29, 1.82) is 0 Å². The summed E-state index contributed by atoms with van der Waals surface area (Å²) in [7, 11) is 0. The van der Waals surface area contributed by atoms with E-state index in [2.05, 4.69) is 42.5 Å². The van der Waals surface area contributed by atoms with Crippen molar-refractivity contribution in [3.05, 3.63) is 58.7 Å². The first kappa shape index (κ1) is 8.18. The predicted octanol–water partition coefficient (Wildman–Crippen LogP) is 3.81. The van der Waals surface area contributed by atoms with Crippen LogP contribution >= 0.6 is 11.6 Å². The second-order valence-corrected chi connectivity index (χ2v) is 5.16. The van der Waals surface area contributed by atoms with Gasteiger partial charge in [0.1, 0.15) is 0 Å². The van der Waals surface area contributed by atoms with E-state index in [0.29, 0.717) is 23.7 Å². The average molecular weight is 215 g/mol. The second-order valence-electron chi connectivity index (χ2n) is 4.72. The lowest BCUT2D eigenvalue weighted by molar-refractivity contribution is 0.309. The molecule has 0 aliphatic heterocycles. The van der Waals surface area contributed by atoms with Gasteiger partial charge in [-0.1, -0.05) is 54.1 Å². The smallest absolute Gasteiger partial charge is 0.0190 e. The molecule has 5 rings (SSSR count). The summed E-state index contributed by atoms with van der Waals surface area (Å²) in [6, 6.07) is 8.81. The van der Waals surface area contributed by atoms with Crippen LogP contribution in [-0.4, -0.2) is 0 Å². The molecule has 15 heavy (non-hydrogen) atoms. The monoisotopic (exact) mass is 214 g/mol. The van der Waals surface area contributed by atoms with Crippen molar-refractivity contribution >= 4 is 11.6 Å². The number of rotatable bonds is 0. The molecule has 1 aromatic rings. The number of hydrogen-bond acceptors (Lipinski definition) is 0. The molecule has 2 bridgehead atoms. The fourth-order valence-corrected chi connectivity index (χ4v) is 3.84. The molecule has 0 heterocycles. The Morgan fingerprint density at radius 3 is 2.33 bits per heavy atom. The van der Waals surface area contributed by atoms with Crippen LogP contribution in [0.15, 0.2) is 47.5 Å². The molecule has 0 saturated heterocycles. The minimum Gasteiger partial charge on any atom is -0.0891 e. The molecule has 0 amide bonds. The van der Waals surface area contributed by atoms with Crippen molar-refractivity contribution in [2.24, 2.45) is 11.8 Å². The third-order valence-electron chi connectivity index (χ3n) is 4.13. The quantitative estimate of drug-likeness (QED) is 0.577. The van der Waals surface area contributed by atoms with E-state index < -0.39 is 0 Å². The van der Waals surface area contributed by atoms with E-state index in [1.165, 1.54) is 11.1 Å². The van der Waals surface area contributed by atoms with Crippen LogP contribution in [0.3, 0.4) is 0 Å². The maximum atomic E-state index is 6.21. The average Bonchev–Trinajstić information content (AvgIpc) is 2.27. The Balaban J connectivity index is 1.96. The Labute approximate surface area is 94.3 Å². The van der Waals surface area contributed by atoms with Crippen LogP contribution in [0.25, 0.3) is 0 Å². The third kappa shape index (κ3) is 0.849. The van der Waals surface area contributed by atoms with Crippen molar-refractivity contribution in [2.75, 3.05) is 0 Å². The first-order valence-electron chi connectivity index (χ1n) is 5.50. The summed E-state index contributed by atoms with van der Waals surface area (Å²) < 4.78 is 0. The maximum Gasteiger partial charge on any atom is 0.0190 e. The van der Waals surface area contributed by atoms with Crippen LogP contribution in [0.2, 0.25) is 0 Å². The van der Waals surface area contributed by atoms with Crippen LogP contribution in [-0.2, 0) is 0 Å². The molecule has 74 valence electrons. The van der Waals surface area contributed by atoms with Gasteiger partial charge in [-0.2, -0.15) is 0 Å². The van der Waals surface area contributed by atoms with Gasteiger partial charge in [-0.05, 0) is 17.0 Å². The van der Waals surface area contributed by atoms with Gasteiger partial charge in [0.2, 0.25) is 0 Å². The van der Waals surface area contributed by atoms with Gasteiger partial charge >= 0.3 is 0 Å². The van der Waals surface area contributed by atoms with E-state index in [4.69, 9.17) is 11.6 Å². The largest absolute Gasteiger partial charge is 0.0891 e. The SMILES string of the molecule is ClC1=C[C@@H]2[C@@H]1[C@H]1C=C[C@H]2c2ccccc21. The van der Waals surface area contributed by atoms with Crippen molar-refractivity contribution in [3.8, 4) is 0 Å². The van der Waals surface area contributed by atoms with Gasteiger partial charge in [-0.3, -0.25) is 0 Å². The van der Waals surface area contributed by atoms with Crippen LogP contribution in [0.5, 0.6) is 0 Å². The molecule has 0 unspecified atom stereocenters. The van der Waals surface area contributed by atoms with Gasteiger partial charge in [0.05, 0.1) is 0 Å². The summed E-state index contributed by atoms with van der Waals surface area (Å²) in [6.07, 6.45) is 6.96. The molecule has 0 aromatic heterocycles. The molecule has 0 N–H and O–H groups in total. The minimum absolute atomic E-state index is 0.536. The van der Waals surface area contributed by atoms with Crippen LogP contribution in [0.1, 0.15) is 23.0 Å². The Bertz CT molecular complexity index is 498. The molecule has 0 saturated carbocycles. The summed E-state index contributed by atoms with van der Waals surface area (Å²) in [5.41, 5.74) is 3.02. The highest BCUT2D eigenvalue weighted by molar-refractivity contribution is 6.30. The Hall–Kier alpha value is -1.01. The first-order valence-corrected chi connectivity index (χ1v) is 5.88.